The van der Waals surface area contributed by atoms with E-state index in [-0.39, 0.29) is 5.91 Å². The number of hydrogen-bond donors (Lipinski definition) is 0. The number of benzene rings is 2. The molecule has 2 rings (SSSR count). The number of nitrogens with zero attached hydrogens (tertiary/aromatic N) is 2. The first-order chi connectivity index (χ1) is 11.6. The van der Waals surface area contributed by atoms with Crippen molar-refractivity contribution in [3.8, 4) is 5.75 Å². The maximum atomic E-state index is 12.7. The van der Waals surface area contributed by atoms with Crippen molar-refractivity contribution in [2.24, 2.45) is 0 Å². The zero-order valence-corrected chi connectivity index (χ0v) is 14.3. The average molecular weight is 324 g/mol. The van der Waals surface area contributed by atoms with Crippen LogP contribution in [0.3, 0.4) is 0 Å². The Kier molecular flexibility index (Phi) is 6.58. The van der Waals surface area contributed by atoms with Gasteiger partial charge in [-0.1, -0.05) is 36.4 Å². The third kappa shape index (κ3) is 4.96. The van der Waals surface area contributed by atoms with Crippen molar-refractivity contribution in [3.63, 3.8) is 0 Å². The molecule has 0 saturated heterocycles. The summed E-state index contributed by atoms with van der Waals surface area (Å²) >= 11 is 0. The molecule has 0 spiro atoms. The Morgan fingerprint density at radius 1 is 1.17 bits per heavy atom. The van der Waals surface area contributed by atoms with E-state index < -0.39 is 0 Å². The smallest absolute Gasteiger partial charge is 0.241 e. The molecule has 4 nitrogen and oxygen atoms in total. The molecule has 0 aliphatic heterocycles. The highest BCUT2D eigenvalue weighted by Crippen LogP contribution is 2.16. The zero-order valence-electron chi connectivity index (χ0n) is 14.3. The zero-order chi connectivity index (χ0) is 17.4. The normalized spacial score (nSPS) is 10.5. The summed E-state index contributed by atoms with van der Waals surface area (Å²) in [5.41, 5.74) is 2.00. The molecule has 0 aliphatic rings. The molecule has 0 N–H and O–H groups in total. The van der Waals surface area contributed by atoms with Gasteiger partial charge in [-0.15, -0.1) is 6.58 Å². The minimum atomic E-state index is 0.0477. The summed E-state index contributed by atoms with van der Waals surface area (Å²) in [4.78, 5) is 16.4. The van der Waals surface area contributed by atoms with E-state index in [4.69, 9.17) is 4.74 Å². The standard InChI is InChI=1S/C20H24N2O2/c1-4-13-22(18-10-6-5-7-11-18)20(23)16-21(2)15-17-9-8-12-19(14-17)24-3/h4-12,14H,1,13,15-16H2,2-3H3. The van der Waals surface area contributed by atoms with E-state index in [9.17, 15) is 4.79 Å². The summed E-state index contributed by atoms with van der Waals surface area (Å²) in [6, 6.07) is 17.6. The fraction of sp³-hybridized carbons (Fsp3) is 0.250. The van der Waals surface area contributed by atoms with E-state index in [0.717, 1.165) is 17.0 Å². The van der Waals surface area contributed by atoms with Crippen molar-refractivity contribution < 1.29 is 9.53 Å². The molecule has 126 valence electrons. The summed E-state index contributed by atoms with van der Waals surface area (Å²) in [5.74, 6) is 0.872. The van der Waals surface area contributed by atoms with Crippen molar-refractivity contribution in [2.45, 2.75) is 6.54 Å². The van der Waals surface area contributed by atoms with Gasteiger partial charge in [0.25, 0.3) is 0 Å². The molecule has 2 aromatic rings. The molecule has 4 heteroatoms. The molecule has 0 aliphatic carbocycles. The molecule has 1 amide bonds. The summed E-state index contributed by atoms with van der Waals surface area (Å²) in [6.45, 7) is 5.26. The highest BCUT2D eigenvalue weighted by Gasteiger charge is 2.16. The van der Waals surface area contributed by atoms with Crippen LogP contribution in [0.15, 0.2) is 67.3 Å². The first kappa shape index (κ1) is 17.8. The summed E-state index contributed by atoms with van der Waals surface area (Å²) < 4.78 is 5.24. The van der Waals surface area contributed by atoms with Gasteiger partial charge in [0.1, 0.15) is 5.75 Å². The number of likely N-dealkylation sites (N-methyl/N-ethyl adjacent to an activating group) is 1. The van der Waals surface area contributed by atoms with Crippen LogP contribution in [0.25, 0.3) is 0 Å². The Hall–Kier alpha value is -2.59. The lowest BCUT2D eigenvalue weighted by molar-refractivity contribution is -0.119. The predicted molar refractivity (Wildman–Crippen MR) is 98.3 cm³/mol. The fourth-order valence-electron chi connectivity index (χ4n) is 2.54. The van der Waals surface area contributed by atoms with Crippen LogP contribution in [0.5, 0.6) is 5.75 Å². The highest BCUT2D eigenvalue weighted by molar-refractivity contribution is 5.95. The summed E-state index contributed by atoms with van der Waals surface area (Å²) in [7, 11) is 3.59. The number of anilines is 1. The van der Waals surface area contributed by atoms with Gasteiger partial charge in [0, 0.05) is 18.8 Å². The number of methoxy groups -OCH3 is 1. The van der Waals surface area contributed by atoms with Gasteiger partial charge in [-0.2, -0.15) is 0 Å². The molecule has 2 aromatic carbocycles. The number of rotatable bonds is 8. The molecule has 0 fully saturated rings. The Balaban J connectivity index is 2.01. The Bertz CT molecular complexity index is 670. The summed E-state index contributed by atoms with van der Waals surface area (Å²) in [6.07, 6.45) is 1.74. The molecular weight excluding hydrogens is 300 g/mol. The highest BCUT2D eigenvalue weighted by atomic mass is 16.5. The van der Waals surface area contributed by atoms with Crippen molar-refractivity contribution in [3.05, 3.63) is 72.8 Å². The number of para-hydroxylation sites is 1. The monoisotopic (exact) mass is 324 g/mol. The first-order valence-corrected chi connectivity index (χ1v) is 7.92. The lowest BCUT2D eigenvalue weighted by Crippen LogP contribution is -2.39. The molecule has 0 radical (unpaired) electrons. The second-order valence-electron chi connectivity index (χ2n) is 5.65. The number of amides is 1. The summed E-state index contributed by atoms with van der Waals surface area (Å²) in [5, 5.41) is 0. The Morgan fingerprint density at radius 3 is 2.58 bits per heavy atom. The fourth-order valence-corrected chi connectivity index (χ4v) is 2.54. The van der Waals surface area contributed by atoms with Crippen molar-refractivity contribution in [1.29, 1.82) is 0 Å². The van der Waals surface area contributed by atoms with Crippen LogP contribution in [0.4, 0.5) is 5.69 Å². The van der Waals surface area contributed by atoms with E-state index in [1.165, 1.54) is 0 Å². The van der Waals surface area contributed by atoms with Gasteiger partial charge in [-0.3, -0.25) is 9.69 Å². The SMILES string of the molecule is C=CCN(C(=O)CN(C)Cc1cccc(OC)c1)c1ccccc1. The van der Waals surface area contributed by atoms with E-state index in [1.54, 1.807) is 18.1 Å². The van der Waals surface area contributed by atoms with Gasteiger partial charge < -0.3 is 9.64 Å². The molecule has 0 bridgehead atoms. The number of hydrogen-bond acceptors (Lipinski definition) is 3. The Morgan fingerprint density at radius 2 is 1.92 bits per heavy atom. The molecule has 0 heterocycles. The van der Waals surface area contributed by atoms with Crippen LogP contribution in [-0.4, -0.2) is 38.1 Å². The van der Waals surface area contributed by atoms with E-state index in [1.807, 2.05) is 66.5 Å². The number of carbonyl (C=O) groups excluding carboxylic acids is 1. The van der Waals surface area contributed by atoms with Gasteiger partial charge in [0.15, 0.2) is 0 Å². The molecule has 0 unspecified atom stereocenters. The lowest BCUT2D eigenvalue weighted by atomic mass is 10.2. The van der Waals surface area contributed by atoms with Crippen LogP contribution in [0, 0.1) is 0 Å². The van der Waals surface area contributed by atoms with Gasteiger partial charge in [0.05, 0.1) is 13.7 Å². The quantitative estimate of drug-likeness (QED) is 0.698. The van der Waals surface area contributed by atoms with Crippen molar-refractivity contribution >= 4 is 11.6 Å². The van der Waals surface area contributed by atoms with Crippen LogP contribution in [0.1, 0.15) is 5.56 Å². The second kappa shape index (κ2) is 8.89. The van der Waals surface area contributed by atoms with Gasteiger partial charge in [0.2, 0.25) is 5.91 Å². The largest absolute Gasteiger partial charge is 0.497 e. The van der Waals surface area contributed by atoms with Crippen LogP contribution in [-0.2, 0) is 11.3 Å². The second-order valence-corrected chi connectivity index (χ2v) is 5.65. The van der Waals surface area contributed by atoms with Gasteiger partial charge in [-0.05, 0) is 36.9 Å². The topological polar surface area (TPSA) is 32.8 Å². The first-order valence-electron chi connectivity index (χ1n) is 7.92. The minimum Gasteiger partial charge on any atom is -0.497 e. The molecule has 0 aromatic heterocycles. The van der Waals surface area contributed by atoms with Crippen LogP contribution < -0.4 is 9.64 Å². The molecule has 0 atom stereocenters. The Labute approximate surface area is 144 Å². The molecule has 24 heavy (non-hydrogen) atoms. The van der Waals surface area contributed by atoms with E-state index in [2.05, 4.69) is 6.58 Å². The lowest BCUT2D eigenvalue weighted by Gasteiger charge is -2.24. The number of ether oxygens (including phenoxy) is 1. The van der Waals surface area contributed by atoms with E-state index >= 15 is 0 Å². The third-order valence-electron chi connectivity index (χ3n) is 3.67. The van der Waals surface area contributed by atoms with Crippen LogP contribution in [0.2, 0.25) is 0 Å². The number of carbonyl (C=O) groups is 1. The molecule has 0 saturated carbocycles. The van der Waals surface area contributed by atoms with Crippen LogP contribution >= 0.6 is 0 Å². The van der Waals surface area contributed by atoms with Gasteiger partial charge in [-0.25, -0.2) is 0 Å². The maximum Gasteiger partial charge on any atom is 0.241 e. The van der Waals surface area contributed by atoms with E-state index in [0.29, 0.717) is 19.6 Å². The average Bonchev–Trinajstić information content (AvgIpc) is 2.60. The maximum absolute atomic E-state index is 12.7. The van der Waals surface area contributed by atoms with Gasteiger partial charge >= 0.3 is 0 Å². The molecular formula is C20H24N2O2. The van der Waals surface area contributed by atoms with Crippen molar-refractivity contribution in [1.82, 2.24) is 4.90 Å². The minimum absolute atomic E-state index is 0.0477. The third-order valence-corrected chi connectivity index (χ3v) is 3.67. The predicted octanol–water partition coefficient (Wildman–Crippen LogP) is 3.35. The van der Waals surface area contributed by atoms with Crippen molar-refractivity contribution in [2.75, 3.05) is 32.1 Å².